The predicted molar refractivity (Wildman–Crippen MR) is 98.0 cm³/mol. The van der Waals surface area contributed by atoms with Crippen molar-refractivity contribution in [1.82, 2.24) is 20.8 Å². The van der Waals surface area contributed by atoms with Gasteiger partial charge in [0.2, 0.25) is 5.89 Å². The molecule has 2 rings (SSSR count). The van der Waals surface area contributed by atoms with Crippen molar-refractivity contribution in [1.29, 1.82) is 0 Å². The molecule has 0 spiro atoms. The molecule has 0 saturated carbocycles. The molecule has 1 unspecified atom stereocenters. The second-order valence-corrected chi connectivity index (χ2v) is 5.88. The van der Waals surface area contributed by atoms with Gasteiger partial charge in [-0.1, -0.05) is 17.3 Å². The standard InChI is InChI=1S/C18H27N5O2/c1-5-19-18(20-10-9-17-22-15(4)23-25-17)21-12-14(3)24-16-8-6-7-13(2)11-16/h6-8,11,14H,5,9-10,12H2,1-4H3,(H2,19,20,21). The number of ether oxygens (including phenoxy) is 1. The second-order valence-electron chi connectivity index (χ2n) is 5.88. The van der Waals surface area contributed by atoms with Gasteiger partial charge in [0, 0.05) is 19.5 Å². The van der Waals surface area contributed by atoms with Crippen LogP contribution in [0.1, 0.15) is 31.1 Å². The van der Waals surface area contributed by atoms with E-state index in [0.717, 1.165) is 18.3 Å². The molecule has 1 atom stereocenters. The van der Waals surface area contributed by atoms with Gasteiger partial charge in [-0.15, -0.1) is 0 Å². The molecule has 0 saturated heterocycles. The molecule has 0 aliphatic heterocycles. The largest absolute Gasteiger partial charge is 0.489 e. The van der Waals surface area contributed by atoms with Crippen LogP contribution in [-0.2, 0) is 6.42 Å². The summed E-state index contributed by atoms with van der Waals surface area (Å²) in [5, 5.41) is 10.3. The van der Waals surface area contributed by atoms with Gasteiger partial charge in [0.05, 0.1) is 6.54 Å². The molecule has 7 nitrogen and oxygen atoms in total. The van der Waals surface area contributed by atoms with Crippen molar-refractivity contribution in [3.8, 4) is 5.75 Å². The molecule has 0 aliphatic rings. The van der Waals surface area contributed by atoms with Gasteiger partial charge in [-0.2, -0.15) is 4.98 Å². The van der Waals surface area contributed by atoms with Crippen molar-refractivity contribution in [2.24, 2.45) is 4.99 Å². The Hall–Kier alpha value is -2.57. The van der Waals surface area contributed by atoms with E-state index in [0.29, 0.717) is 31.2 Å². The van der Waals surface area contributed by atoms with E-state index in [2.05, 4.69) is 25.8 Å². The lowest BCUT2D eigenvalue weighted by atomic mass is 10.2. The number of hydrogen-bond acceptors (Lipinski definition) is 5. The predicted octanol–water partition coefficient (Wildman–Crippen LogP) is 2.25. The Bertz CT molecular complexity index is 684. The molecule has 1 aromatic carbocycles. The number of nitrogens with zero attached hydrogens (tertiary/aromatic N) is 3. The molecule has 7 heteroatoms. The van der Waals surface area contributed by atoms with Crippen molar-refractivity contribution >= 4 is 5.96 Å². The highest BCUT2D eigenvalue weighted by Crippen LogP contribution is 2.14. The average molecular weight is 345 g/mol. The van der Waals surface area contributed by atoms with Gasteiger partial charge < -0.3 is 19.9 Å². The van der Waals surface area contributed by atoms with E-state index >= 15 is 0 Å². The number of rotatable bonds is 8. The number of guanidine groups is 1. The van der Waals surface area contributed by atoms with Gasteiger partial charge >= 0.3 is 0 Å². The van der Waals surface area contributed by atoms with E-state index in [1.807, 2.05) is 52.0 Å². The minimum absolute atomic E-state index is 0.0177. The first-order valence-electron chi connectivity index (χ1n) is 8.61. The van der Waals surface area contributed by atoms with Gasteiger partial charge in [-0.3, -0.25) is 0 Å². The molecule has 136 valence electrons. The summed E-state index contributed by atoms with van der Waals surface area (Å²) in [5.41, 5.74) is 1.18. The van der Waals surface area contributed by atoms with Gasteiger partial charge in [0.15, 0.2) is 11.8 Å². The molecule has 1 aromatic heterocycles. The number of aryl methyl sites for hydroxylation is 2. The fourth-order valence-electron chi connectivity index (χ4n) is 2.25. The Balaban J connectivity index is 1.81. The average Bonchev–Trinajstić information content (AvgIpc) is 2.98. The summed E-state index contributed by atoms with van der Waals surface area (Å²) in [5.74, 6) is 2.89. The molecule has 0 aliphatic carbocycles. The zero-order chi connectivity index (χ0) is 18.1. The third-order valence-electron chi connectivity index (χ3n) is 3.38. The number of benzene rings is 1. The molecule has 2 aromatic rings. The lowest BCUT2D eigenvalue weighted by molar-refractivity contribution is 0.230. The van der Waals surface area contributed by atoms with Crippen LogP contribution in [0.2, 0.25) is 0 Å². The van der Waals surface area contributed by atoms with Crippen LogP contribution >= 0.6 is 0 Å². The quantitative estimate of drug-likeness (QED) is 0.564. The van der Waals surface area contributed by atoms with E-state index in [1.54, 1.807) is 0 Å². The third kappa shape index (κ3) is 6.82. The van der Waals surface area contributed by atoms with Crippen molar-refractivity contribution in [2.75, 3.05) is 19.6 Å². The third-order valence-corrected chi connectivity index (χ3v) is 3.38. The van der Waals surface area contributed by atoms with Crippen LogP contribution < -0.4 is 15.4 Å². The molecule has 2 N–H and O–H groups in total. The molecule has 0 amide bonds. The smallest absolute Gasteiger partial charge is 0.228 e. The van der Waals surface area contributed by atoms with E-state index in [1.165, 1.54) is 5.56 Å². The number of nitrogens with one attached hydrogen (secondary N) is 2. The Morgan fingerprint density at radius 2 is 2.16 bits per heavy atom. The Morgan fingerprint density at radius 3 is 2.84 bits per heavy atom. The lowest BCUT2D eigenvalue weighted by Crippen LogP contribution is -2.39. The summed E-state index contributed by atoms with van der Waals surface area (Å²) in [6.07, 6.45) is 0.636. The fourth-order valence-corrected chi connectivity index (χ4v) is 2.25. The maximum Gasteiger partial charge on any atom is 0.228 e. The maximum atomic E-state index is 5.90. The first-order valence-corrected chi connectivity index (χ1v) is 8.61. The summed E-state index contributed by atoms with van der Waals surface area (Å²) >= 11 is 0. The van der Waals surface area contributed by atoms with Crippen LogP contribution in [0.4, 0.5) is 0 Å². The highest BCUT2D eigenvalue weighted by atomic mass is 16.5. The first-order chi connectivity index (χ1) is 12.1. The number of aliphatic imine (C=N–C) groups is 1. The van der Waals surface area contributed by atoms with Gasteiger partial charge in [0.25, 0.3) is 0 Å². The van der Waals surface area contributed by atoms with Crippen LogP contribution in [-0.4, -0.2) is 41.8 Å². The second kappa shape index (κ2) is 9.66. The highest BCUT2D eigenvalue weighted by molar-refractivity contribution is 5.79. The summed E-state index contributed by atoms with van der Waals surface area (Å²) in [6.45, 7) is 9.92. The van der Waals surface area contributed by atoms with Crippen molar-refractivity contribution < 1.29 is 9.26 Å². The Labute approximate surface area is 148 Å². The van der Waals surface area contributed by atoms with Crippen molar-refractivity contribution in [3.05, 3.63) is 41.5 Å². The number of aromatic nitrogens is 2. The summed E-state index contributed by atoms with van der Waals surface area (Å²) in [4.78, 5) is 8.75. The summed E-state index contributed by atoms with van der Waals surface area (Å²) < 4.78 is 11.0. The first kappa shape index (κ1) is 18.8. The summed E-state index contributed by atoms with van der Waals surface area (Å²) in [6, 6.07) is 8.03. The molecule has 0 fully saturated rings. The molecule has 0 bridgehead atoms. The Kier molecular flexibility index (Phi) is 7.25. The monoisotopic (exact) mass is 345 g/mol. The van der Waals surface area contributed by atoms with Crippen LogP contribution in [0, 0.1) is 13.8 Å². The van der Waals surface area contributed by atoms with E-state index in [9.17, 15) is 0 Å². The van der Waals surface area contributed by atoms with Gasteiger partial charge in [-0.05, 0) is 45.4 Å². The SMILES string of the molecule is CCNC(=NCC(C)Oc1cccc(C)c1)NCCc1nc(C)no1. The van der Waals surface area contributed by atoms with E-state index in [4.69, 9.17) is 9.26 Å². The van der Waals surface area contributed by atoms with Crippen LogP contribution in [0.25, 0.3) is 0 Å². The normalized spacial score (nSPS) is 12.7. The minimum atomic E-state index is -0.0177. The van der Waals surface area contributed by atoms with Gasteiger partial charge in [-0.25, -0.2) is 4.99 Å². The molecular weight excluding hydrogens is 318 g/mol. The Morgan fingerprint density at radius 1 is 1.32 bits per heavy atom. The minimum Gasteiger partial charge on any atom is -0.489 e. The van der Waals surface area contributed by atoms with E-state index < -0.39 is 0 Å². The molecule has 25 heavy (non-hydrogen) atoms. The van der Waals surface area contributed by atoms with E-state index in [-0.39, 0.29) is 6.10 Å². The molecule has 0 radical (unpaired) electrons. The zero-order valence-electron chi connectivity index (χ0n) is 15.4. The number of hydrogen-bond donors (Lipinski definition) is 2. The molecular formula is C18H27N5O2. The zero-order valence-corrected chi connectivity index (χ0v) is 15.4. The van der Waals surface area contributed by atoms with Crippen molar-refractivity contribution in [2.45, 2.75) is 40.2 Å². The maximum absolute atomic E-state index is 5.90. The van der Waals surface area contributed by atoms with Crippen molar-refractivity contribution in [3.63, 3.8) is 0 Å². The lowest BCUT2D eigenvalue weighted by Gasteiger charge is -2.15. The highest BCUT2D eigenvalue weighted by Gasteiger charge is 2.06. The van der Waals surface area contributed by atoms with Crippen LogP contribution in [0.3, 0.4) is 0 Å². The topological polar surface area (TPSA) is 84.6 Å². The molecule has 1 heterocycles. The van der Waals surface area contributed by atoms with Gasteiger partial charge in [0.1, 0.15) is 11.9 Å². The van der Waals surface area contributed by atoms with Crippen LogP contribution in [0.5, 0.6) is 5.75 Å². The summed E-state index contributed by atoms with van der Waals surface area (Å²) in [7, 11) is 0. The fraction of sp³-hybridized carbons (Fsp3) is 0.500. The van der Waals surface area contributed by atoms with Crippen LogP contribution in [0.15, 0.2) is 33.8 Å².